The summed E-state index contributed by atoms with van der Waals surface area (Å²) in [6.45, 7) is 0. The van der Waals surface area contributed by atoms with Gasteiger partial charge in [0, 0.05) is 6.42 Å². The van der Waals surface area contributed by atoms with E-state index in [9.17, 15) is 9.90 Å². The Hall–Kier alpha value is 0.230. The first-order chi connectivity index (χ1) is 4.04. The smallest absolute Gasteiger partial charge is 0.862 e. The molecule has 0 aliphatic carbocycles. The second-order valence-corrected chi connectivity index (χ2v) is 1.96. The molecular weight excluding hydrogens is 168 g/mol. The quantitative estimate of drug-likeness (QED) is 0.200. The fourth-order valence-electron chi connectivity index (χ4n) is 0.250. The van der Waals surface area contributed by atoms with Crippen LogP contribution in [0.25, 0.3) is 0 Å². The fraction of sp³-hybridized carbons (Fsp3) is 0.500. The minimum absolute atomic E-state index is 0. The van der Waals surface area contributed by atoms with Crippen molar-refractivity contribution in [1.82, 2.24) is 0 Å². The Morgan fingerprint density at radius 3 is 2.30 bits per heavy atom. The van der Waals surface area contributed by atoms with Crippen molar-refractivity contribution in [3.8, 4) is 0 Å². The number of hydrogen-bond acceptors (Lipinski definition) is 3. The summed E-state index contributed by atoms with van der Waals surface area (Å²) in [6, 6.07) is 0. The molecule has 0 aliphatic rings. The summed E-state index contributed by atoms with van der Waals surface area (Å²) < 4.78 is 0. The van der Waals surface area contributed by atoms with Gasteiger partial charge in [0.05, 0.1) is 0 Å². The summed E-state index contributed by atoms with van der Waals surface area (Å²) in [6.07, 6.45) is -0.434. The van der Waals surface area contributed by atoms with Gasteiger partial charge >= 0.3 is 35.5 Å². The van der Waals surface area contributed by atoms with Crippen LogP contribution < -0.4 is 34.7 Å². The van der Waals surface area contributed by atoms with E-state index in [4.69, 9.17) is 22.1 Å². The SMILES string of the molecule is N=C([O-])C[C@@H](Cl)C(=O)O.[Na+]. The summed E-state index contributed by atoms with van der Waals surface area (Å²) in [5, 5.41) is 23.0. The zero-order chi connectivity index (χ0) is 7.44. The van der Waals surface area contributed by atoms with E-state index in [0.717, 1.165) is 0 Å². The van der Waals surface area contributed by atoms with E-state index < -0.39 is 23.7 Å². The number of alkyl halides is 1. The van der Waals surface area contributed by atoms with Gasteiger partial charge < -0.3 is 15.6 Å². The number of hydrogen-bond donors (Lipinski definition) is 2. The first-order valence-electron chi connectivity index (χ1n) is 2.15. The van der Waals surface area contributed by atoms with Crippen molar-refractivity contribution >= 4 is 23.5 Å². The molecule has 6 heteroatoms. The summed E-state index contributed by atoms with van der Waals surface area (Å²) in [7, 11) is 0. The van der Waals surface area contributed by atoms with Crippen molar-refractivity contribution in [3.63, 3.8) is 0 Å². The molecule has 0 radical (unpaired) electrons. The van der Waals surface area contributed by atoms with Crippen molar-refractivity contribution in [3.05, 3.63) is 0 Å². The van der Waals surface area contributed by atoms with E-state index in [1.807, 2.05) is 0 Å². The first-order valence-corrected chi connectivity index (χ1v) is 2.59. The molecule has 52 valence electrons. The molecule has 4 nitrogen and oxygen atoms in total. The van der Waals surface area contributed by atoms with Crippen LogP contribution in [-0.4, -0.2) is 22.4 Å². The molecule has 0 amide bonds. The number of rotatable bonds is 3. The Bertz CT molecular complexity index is 140. The minimum Gasteiger partial charge on any atom is -0.862 e. The van der Waals surface area contributed by atoms with Crippen LogP contribution in [0.1, 0.15) is 6.42 Å². The van der Waals surface area contributed by atoms with E-state index in [0.29, 0.717) is 0 Å². The maximum Gasteiger partial charge on any atom is 1.00 e. The van der Waals surface area contributed by atoms with Gasteiger partial charge in [0.1, 0.15) is 5.38 Å². The van der Waals surface area contributed by atoms with Gasteiger partial charge in [-0.05, 0) is 5.90 Å². The van der Waals surface area contributed by atoms with E-state index in [2.05, 4.69) is 0 Å². The fourth-order valence-corrected chi connectivity index (χ4v) is 0.390. The molecule has 0 heterocycles. The number of carbonyl (C=O) groups is 1. The normalized spacial score (nSPS) is 11.3. The van der Waals surface area contributed by atoms with Crippen molar-refractivity contribution in [2.45, 2.75) is 11.8 Å². The molecule has 0 saturated heterocycles. The molecule has 0 saturated carbocycles. The predicted octanol–water partition coefficient (Wildman–Crippen LogP) is -3.59. The number of nitrogens with one attached hydrogen (secondary N) is 1. The zero-order valence-electron chi connectivity index (χ0n) is 5.43. The van der Waals surface area contributed by atoms with Gasteiger partial charge in [-0.1, -0.05) is 0 Å². The molecule has 0 aromatic carbocycles. The van der Waals surface area contributed by atoms with Gasteiger partial charge in [0.2, 0.25) is 0 Å². The van der Waals surface area contributed by atoms with E-state index in [1.54, 1.807) is 0 Å². The molecule has 1 atom stereocenters. The maximum absolute atomic E-state index is 9.88. The molecule has 0 fully saturated rings. The van der Waals surface area contributed by atoms with Crippen LogP contribution in [0.3, 0.4) is 0 Å². The topological polar surface area (TPSA) is 84.2 Å². The Morgan fingerprint density at radius 2 is 2.20 bits per heavy atom. The number of carboxylic acids is 1. The third-order valence-corrected chi connectivity index (χ3v) is 0.974. The Kier molecular flexibility index (Phi) is 7.69. The maximum atomic E-state index is 9.88. The molecule has 0 bridgehead atoms. The van der Waals surface area contributed by atoms with E-state index in [1.165, 1.54) is 0 Å². The van der Waals surface area contributed by atoms with Gasteiger partial charge in [0.25, 0.3) is 0 Å². The Balaban J connectivity index is 0. The molecule has 0 aromatic heterocycles. The van der Waals surface area contributed by atoms with Crippen molar-refractivity contribution in [1.29, 1.82) is 5.41 Å². The second kappa shape index (κ2) is 5.97. The summed E-state index contributed by atoms with van der Waals surface area (Å²) >= 11 is 5.07. The summed E-state index contributed by atoms with van der Waals surface area (Å²) in [5.41, 5.74) is 0. The van der Waals surface area contributed by atoms with Crippen molar-refractivity contribution in [2.75, 3.05) is 0 Å². The van der Waals surface area contributed by atoms with Gasteiger partial charge in [0.15, 0.2) is 0 Å². The second-order valence-electron chi connectivity index (χ2n) is 1.43. The summed E-state index contributed by atoms with van der Waals surface area (Å²) in [4.78, 5) is 9.87. The van der Waals surface area contributed by atoms with Crippen LogP contribution in [0.15, 0.2) is 0 Å². The first kappa shape index (κ1) is 12.9. The van der Waals surface area contributed by atoms with E-state index in [-0.39, 0.29) is 29.6 Å². The molecule has 0 rings (SSSR count). The molecule has 0 unspecified atom stereocenters. The van der Waals surface area contributed by atoms with Gasteiger partial charge in [-0.25, -0.2) is 0 Å². The van der Waals surface area contributed by atoms with Gasteiger partial charge in [-0.15, -0.1) is 11.6 Å². The number of carboxylic acid groups (broad SMARTS) is 1. The van der Waals surface area contributed by atoms with E-state index >= 15 is 0 Å². The monoisotopic (exact) mass is 173 g/mol. The molecule has 0 spiro atoms. The average molecular weight is 174 g/mol. The van der Waals surface area contributed by atoms with Crippen LogP contribution in [0.5, 0.6) is 0 Å². The third kappa shape index (κ3) is 6.35. The predicted molar refractivity (Wildman–Crippen MR) is 29.6 cm³/mol. The Morgan fingerprint density at radius 1 is 1.80 bits per heavy atom. The summed E-state index contributed by atoms with van der Waals surface area (Å²) in [5.74, 6) is -2.23. The van der Waals surface area contributed by atoms with Crippen LogP contribution >= 0.6 is 11.6 Å². The van der Waals surface area contributed by atoms with Crippen LogP contribution in [-0.2, 0) is 4.79 Å². The van der Waals surface area contributed by atoms with Crippen molar-refractivity contribution < 1.29 is 44.6 Å². The largest absolute Gasteiger partial charge is 1.00 e. The molecule has 2 N–H and O–H groups in total. The minimum atomic E-state index is -1.27. The molecular formula is C4H5ClNNaO3. The molecule has 0 aliphatic heterocycles. The zero-order valence-corrected chi connectivity index (χ0v) is 8.18. The van der Waals surface area contributed by atoms with Crippen LogP contribution in [0, 0.1) is 5.41 Å². The number of halogens is 1. The van der Waals surface area contributed by atoms with Crippen molar-refractivity contribution in [2.24, 2.45) is 0 Å². The van der Waals surface area contributed by atoms with Gasteiger partial charge in [-0.3, -0.25) is 4.79 Å². The number of aliphatic carboxylic acids is 1. The van der Waals surface area contributed by atoms with Crippen LogP contribution in [0.2, 0.25) is 0 Å². The molecule has 10 heavy (non-hydrogen) atoms. The molecule has 0 aromatic rings. The standard InChI is InChI=1S/C4H6ClNO3.Na/c5-2(4(8)9)1-3(6)7;/h2H,1H2,(H2,6,7)(H,8,9);/q;+1/p-1/t2-;/m1./s1. The third-order valence-electron chi connectivity index (χ3n) is 0.633. The van der Waals surface area contributed by atoms with Gasteiger partial charge in [-0.2, -0.15) is 0 Å². The Labute approximate surface area is 85.0 Å². The van der Waals surface area contributed by atoms with Crippen LogP contribution in [0.4, 0.5) is 0 Å². The average Bonchev–Trinajstić information content (AvgIpc) is 1.63.